The number of rotatable bonds is 12. The summed E-state index contributed by atoms with van der Waals surface area (Å²) in [5.41, 5.74) is 3.84. The molecule has 0 fully saturated rings. The maximum absolute atomic E-state index is 12.8. The molecule has 2 amide bonds. The average Bonchev–Trinajstić information content (AvgIpc) is 2.85. The summed E-state index contributed by atoms with van der Waals surface area (Å²) in [7, 11) is -3.90. The number of benzene rings is 3. The van der Waals surface area contributed by atoms with Gasteiger partial charge in [0.2, 0.25) is 15.9 Å². The van der Waals surface area contributed by atoms with Crippen molar-refractivity contribution in [2.45, 2.75) is 57.3 Å². The molecule has 0 atom stereocenters. The van der Waals surface area contributed by atoms with Gasteiger partial charge in [-0.15, -0.1) is 0 Å². The highest BCUT2D eigenvalue weighted by atomic mass is 32.2. The van der Waals surface area contributed by atoms with Gasteiger partial charge in [0.1, 0.15) is 0 Å². The van der Waals surface area contributed by atoms with E-state index in [4.69, 9.17) is 5.14 Å². The molecule has 7 nitrogen and oxygen atoms in total. The van der Waals surface area contributed by atoms with Crippen LogP contribution in [0.4, 0.5) is 5.69 Å². The minimum absolute atomic E-state index is 0.0349. The largest absolute Gasteiger partial charge is 0.356 e. The standard InChI is InChI=1S/C29H35N3O4S/c1-3-4-5-6-7-17-31-28(33)20-22-9-8-10-25(19-22)32-29(34)24-14-12-23(13-15-24)26-18-21(2)11-16-27(26)37(30,35)36/h8-16,18-19H,3-7,17,20H2,1-2H3,(H,31,33)(H,32,34)(H2,30,35,36). The molecule has 0 spiro atoms. The number of amides is 2. The molecule has 0 aliphatic rings. The highest BCUT2D eigenvalue weighted by molar-refractivity contribution is 7.89. The molecule has 0 aliphatic heterocycles. The van der Waals surface area contributed by atoms with Gasteiger partial charge in [0.15, 0.2) is 0 Å². The maximum Gasteiger partial charge on any atom is 0.255 e. The van der Waals surface area contributed by atoms with Gasteiger partial charge in [0, 0.05) is 23.4 Å². The molecule has 0 heterocycles. The summed E-state index contributed by atoms with van der Waals surface area (Å²) in [4.78, 5) is 25.1. The van der Waals surface area contributed by atoms with E-state index in [0.29, 0.717) is 28.9 Å². The van der Waals surface area contributed by atoms with Crippen LogP contribution in [0.2, 0.25) is 0 Å². The number of nitrogens with two attached hydrogens (primary N) is 1. The van der Waals surface area contributed by atoms with Crippen LogP contribution >= 0.6 is 0 Å². The molecule has 0 saturated carbocycles. The van der Waals surface area contributed by atoms with E-state index in [1.54, 1.807) is 54.6 Å². The molecule has 8 heteroatoms. The van der Waals surface area contributed by atoms with Crippen LogP contribution in [-0.4, -0.2) is 26.8 Å². The van der Waals surface area contributed by atoms with Crippen molar-refractivity contribution in [3.8, 4) is 11.1 Å². The molecule has 196 valence electrons. The SMILES string of the molecule is CCCCCCCNC(=O)Cc1cccc(NC(=O)c2ccc(-c3cc(C)ccc3S(N)(=O)=O)cc2)c1. The first-order valence-electron chi connectivity index (χ1n) is 12.6. The Morgan fingerprint density at radius 2 is 1.62 bits per heavy atom. The van der Waals surface area contributed by atoms with Gasteiger partial charge in [-0.2, -0.15) is 0 Å². The van der Waals surface area contributed by atoms with Gasteiger partial charge in [-0.1, -0.05) is 74.6 Å². The highest BCUT2D eigenvalue weighted by Gasteiger charge is 2.16. The second-order valence-electron chi connectivity index (χ2n) is 9.22. The number of nitrogens with one attached hydrogen (secondary N) is 2. The lowest BCUT2D eigenvalue weighted by atomic mass is 10.0. The first kappa shape index (κ1) is 28.1. The predicted molar refractivity (Wildman–Crippen MR) is 148 cm³/mol. The molecule has 0 saturated heterocycles. The van der Waals surface area contributed by atoms with Crippen LogP contribution in [0.25, 0.3) is 11.1 Å². The Bertz CT molecular complexity index is 1340. The van der Waals surface area contributed by atoms with Crippen molar-refractivity contribution in [1.29, 1.82) is 0 Å². The van der Waals surface area contributed by atoms with E-state index in [-0.39, 0.29) is 23.1 Å². The first-order valence-corrected chi connectivity index (χ1v) is 14.1. The summed E-state index contributed by atoms with van der Waals surface area (Å²) in [5.74, 6) is -0.347. The van der Waals surface area contributed by atoms with Crippen LogP contribution in [0.5, 0.6) is 0 Å². The lowest BCUT2D eigenvalue weighted by Crippen LogP contribution is -2.26. The number of unbranched alkanes of at least 4 members (excludes halogenated alkanes) is 4. The number of anilines is 1. The van der Waals surface area contributed by atoms with Gasteiger partial charge in [-0.25, -0.2) is 13.6 Å². The van der Waals surface area contributed by atoms with E-state index >= 15 is 0 Å². The Hall–Kier alpha value is -3.49. The van der Waals surface area contributed by atoms with Gasteiger partial charge >= 0.3 is 0 Å². The molecular weight excluding hydrogens is 486 g/mol. The number of hydrogen-bond donors (Lipinski definition) is 3. The number of sulfonamides is 1. The van der Waals surface area contributed by atoms with Crippen LogP contribution in [-0.2, 0) is 21.2 Å². The van der Waals surface area contributed by atoms with Crippen molar-refractivity contribution in [3.63, 3.8) is 0 Å². The summed E-state index contributed by atoms with van der Waals surface area (Å²) >= 11 is 0. The van der Waals surface area contributed by atoms with Gasteiger partial charge in [-0.05, 0) is 54.8 Å². The quantitative estimate of drug-likeness (QED) is 0.284. The van der Waals surface area contributed by atoms with Gasteiger partial charge < -0.3 is 10.6 Å². The van der Waals surface area contributed by atoms with E-state index in [1.165, 1.54) is 25.3 Å². The van der Waals surface area contributed by atoms with Gasteiger partial charge in [-0.3, -0.25) is 9.59 Å². The molecule has 0 bridgehead atoms. The van der Waals surface area contributed by atoms with E-state index in [2.05, 4.69) is 17.6 Å². The predicted octanol–water partition coefficient (Wildman–Crippen LogP) is 5.19. The third kappa shape index (κ3) is 8.55. The smallest absolute Gasteiger partial charge is 0.255 e. The number of carbonyl (C=O) groups excluding carboxylic acids is 2. The molecule has 0 aliphatic carbocycles. The topological polar surface area (TPSA) is 118 Å². The van der Waals surface area contributed by atoms with E-state index < -0.39 is 10.0 Å². The van der Waals surface area contributed by atoms with Crippen molar-refractivity contribution in [2.75, 3.05) is 11.9 Å². The zero-order valence-electron chi connectivity index (χ0n) is 21.4. The summed E-state index contributed by atoms with van der Waals surface area (Å²) < 4.78 is 24.0. The fourth-order valence-corrected chi connectivity index (χ4v) is 4.83. The normalized spacial score (nSPS) is 11.2. The molecule has 3 rings (SSSR count). The number of aryl methyl sites for hydroxylation is 1. The Kier molecular flexibility index (Phi) is 10.00. The summed E-state index contributed by atoms with van der Waals surface area (Å²) in [5, 5.41) is 11.2. The first-order chi connectivity index (χ1) is 17.7. The van der Waals surface area contributed by atoms with Gasteiger partial charge in [0.25, 0.3) is 5.91 Å². The molecule has 0 unspecified atom stereocenters. The minimum atomic E-state index is -3.90. The molecule has 3 aromatic carbocycles. The third-order valence-corrected chi connectivity index (χ3v) is 7.02. The molecule has 0 aromatic heterocycles. The Morgan fingerprint density at radius 3 is 2.32 bits per heavy atom. The van der Waals surface area contributed by atoms with Crippen LogP contribution in [0.3, 0.4) is 0 Å². The van der Waals surface area contributed by atoms with E-state index in [0.717, 1.165) is 24.0 Å². The summed E-state index contributed by atoms with van der Waals surface area (Å²) in [6.07, 6.45) is 5.96. The maximum atomic E-state index is 12.8. The fraction of sp³-hybridized carbons (Fsp3) is 0.310. The van der Waals surface area contributed by atoms with Crippen LogP contribution in [0, 0.1) is 6.92 Å². The highest BCUT2D eigenvalue weighted by Crippen LogP contribution is 2.28. The van der Waals surface area contributed by atoms with Crippen molar-refractivity contribution >= 4 is 27.5 Å². The minimum Gasteiger partial charge on any atom is -0.356 e. The van der Waals surface area contributed by atoms with Crippen LogP contribution < -0.4 is 15.8 Å². The average molecular weight is 522 g/mol. The van der Waals surface area contributed by atoms with Crippen molar-refractivity contribution in [2.24, 2.45) is 5.14 Å². The van der Waals surface area contributed by atoms with Crippen molar-refractivity contribution in [3.05, 3.63) is 83.4 Å². The zero-order valence-corrected chi connectivity index (χ0v) is 22.2. The molecular formula is C29H35N3O4S. The monoisotopic (exact) mass is 521 g/mol. The van der Waals surface area contributed by atoms with E-state index in [1.807, 2.05) is 13.0 Å². The number of primary sulfonamides is 1. The van der Waals surface area contributed by atoms with Crippen LogP contribution in [0.15, 0.2) is 71.6 Å². The number of hydrogen-bond acceptors (Lipinski definition) is 4. The Balaban J connectivity index is 1.61. The zero-order chi connectivity index (χ0) is 26.8. The lowest BCUT2D eigenvalue weighted by Gasteiger charge is -2.11. The van der Waals surface area contributed by atoms with Gasteiger partial charge in [0.05, 0.1) is 11.3 Å². The fourth-order valence-electron chi connectivity index (χ4n) is 4.09. The van der Waals surface area contributed by atoms with Crippen molar-refractivity contribution < 1.29 is 18.0 Å². The second-order valence-corrected chi connectivity index (χ2v) is 10.7. The summed E-state index contributed by atoms with van der Waals surface area (Å²) in [6.45, 7) is 4.72. The van der Waals surface area contributed by atoms with Crippen LogP contribution in [0.1, 0.15) is 60.5 Å². The van der Waals surface area contributed by atoms with E-state index in [9.17, 15) is 18.0 Å². The molecule has 3 aromatic rings. The Morgan fingerprint density at radius 1 is 0.892 bits per heavy atom. The summed E-state index contributed by atoms with van der Waals surface area (Å²) in [6, 6.07) is 18.8. The second kappa shape index (κ2) is 13.2. The van der Waals surface area contributed by atoms with Crippen molar-refractivity contribution in [1.82, 2.24) is 5.32 Å². The molecule has 4 N–H and O–H groups in total. The number of carbonyl (C=O) groups is 2. The third-order valence-electron chi connectivity index (χ3n) is 6.05. The lowest BCUT2D eigenvalue weighted by molar-refractivity contribution is -0.120. The molecule has 0 radical (unpaired) electrons. The Labute approximate surface area is 219 Å². The molecule has 37 heavy (non-hydrogen) atoms.